The molecule has 2 atom stereocenters. The zero-order chi connectivity index (χ0) is 14.9. The zero-order valence-electron chi connectivity index (χ0n) is 13.4. The molecule has 2 unspecified atom stereocenters. The molecule has 0 radical (unpaired) electrons. The smallest absolute Gasteiger partial charge is 0.0803 e. The Morgan fingerprint density at radius 2 is 2.29 bits per heavy atom. The van der Waals surface area contributed by atoms with E-state index >= 15 is 0 Å². The second-order valence-corrected chi connectivity index (χ2v) is 6.69. The summed E-state index contributed by atoms with van der Waals surface area (Å²) < 4.78 is 9.91. The zero-order valence-corrected chi connectivity index (χ0v) is 14.3. The van der Waals surface area contributed by atoms with Crippen molar-refractivity contribution in [3.63, 3.8) is 0 Å². The molecule has 21 heavy (non-hydrogen) atoms. The molecule has 1 aromatic heterocycles. The molecular weight excluding hydrogens is 282 g/mol. The third kappa shape index (κ3) is 5.31. The van der Waals surface area contributed by atoms with Crippen LogP contribution < -0.4 is 5.32 Å². The number of ether oxygens (including phenoxy) is 1. The fourth-order valence-corrected chi connectivity index (χ4v) is 3.76. The van der Waals surface area contributed by atoms with E-state index in [4.69, 9.17) is 4.74 Å². The van der Waals surface area contributed by atoms with E-state index in [2.05, 4.69) is 28.8 Å². The number of aromatic nitrogens is 2. The first-order chi connectivity index (χ1) is 10.3. The fourth-order valence-electron chi connectivity index (χ4n) is 2.96. The molecule has 0 bridgehead atoms. The first-order valence-electron chi connectivity index (χ1n) is 8.51. The van der Waals surface area contributed by atoms with Crippen molar-refractivity contribution in [1.82, 2.24) is 14.9 Å². The molecule has 0 spiro atoms. The van der Waals surface area contributed by atoms with Gasteiger partial charge in [0.05, 0.1) is 16.7 Å². The minimum Gasteiger partial charge on any atom is -0.378 e. The molecule has 0 aromatic carbocycles. The van der Waals surface area contributed by atoms with E-state index in [1.165, 1.54) is 42.7 Å². The highest BCUT2D eigenvalue weighted by molar-refractivity contribution is 7.05. The standard InChI is InChI=1S/C16H29N3OS/c1-3-7-15-16(21-19-18-15)14(17-11-4-2)10-5-8-13-9-6-12-20-13/h13-14,17H,3-12H2,1-2H3. The van der Waals surface area contributed by atoms with Gasteiger partial charge in [-0.25, -0.2) is 0 Å². The lowest BCUT2D eigenvalue weighted by Gasteiger charge is -2.18. The van der Waals surface area contributed by atoms with Crippen LogP contribution in [0.3, 0.4) is 0 Å². The Bertz CT molecular complexity index is 391. The lowest BCUT2D eigenvalue weighted by molar-refractivity contribution is 0.101. The lowest BCUT2D eigenvalue weighted by atomic mass is 10.0. The number of aryl methyl sites for hydroxylation is 1. The van der Waals surface area contributed by atoms with Crippen LogP contribution in [0, 0.1) is 0 Å². The number of hydrogen-bond donors (Lipinski definition) is 1. The quantitative estimate of drug-likeness (QED) is 0.712. The third-order valence-corrected chi connectivity index (χ3v) is 4.95. The Labute approximate surface area is 132 Å². The first kappa shape index (κ1) is 16.8. The maximum atomic E-state index is 5.73. The summed E-state index contributed by atoms with van der Waals surface area (Å²) in [6.07, 6.45) is 9.91. The molecule has 0 aliphatic carbocycles. The summed E-state index contributed by atoms with van der Waals surface area (Å²) in [4.78, 5) is 1.36. The van der Waals surface area contributed by atoms with Crippen LogP contribution in [-0.2, 0) is 11.2 Å². The number of nitrogens with zero attached hydrogens (tertiary/aromatic N) is 2. The molecule has 1 aromatic rings. The normalized spacial score (nSPS) is 20.0. The first-order valence-corrected chi connectivity index (χ1v) is 9.28. The Kier molecular flexibility index (Phi) is 7.61. The second-order valence-electron chi connectivity index (χ2n) is 5.91. The Morgan fingerprint density at radius 1 is 1.38 bits per heavy atom. The van der Waals surface area contributed by atoms with E-state index in [-0.39, 0.29) is 0 Å². The van der Waals surface area contributed by atoms with Crippen molar-refractivity contribution in [1.29, 1.82) is 0 Å². The van der Waals surface area contributed by atoms with Crippen molar-refractivity contribution in [2.24, 2.45) is 0 Å². The van der Waals surface area contributed by atoms with Crippen molar-refractivity contribution in [2.45, 2.75) is 77.4 Å². The molecule has 5 heteroatoms. The third-order valence-electron chi connectivity index (χ3n) is 4.07. The van der Waals surface area contributed by atoms with Crippen LogP contribution in [0.25, 0.3) is 0 Å². The molecule has 4 nitrogen and oxygen atoms in total. The molecule has 2 rings (SSSR count). The van der Waals surface area contributed by atoms with Crippen LogP contribution in [0.4, 0.5) is 0 Å². The van der Waals surface area contributed by atoms with Crippen LogP contribution in [0.5, 0.6) is 0 Å². The largest absolute Gasteiger partial charge is 0.378 e. The summed E-state index contributed by atoms with van der Waals surface area (Å²) in [5, 5.41) is 8.01. The molecule has 0 amide bonds. The van der Waals surface area contributed by atoms with E-state index in [0.717, 1.165) is 32.4 Å². The molecule has 1 N–H and O–H groups in total. The Morgan fingerprint density at radius 3 is 3.00 bits per heavy atom. The highest BCUT2D eigenvalue weighted by atomic mass is 32.1. The number of nitrogens with one attached hydrogen (secondary N) is 1. The maximum absolute atomic E-state index is 5.73. The van der Waals surface area contributed by atoms with Crippen LogP contribution >= 0.6 is 11.5 Å². The SMILES string of the molecule is CCCNC(CCCC1CCCO1)c1snnc1CCC. The van der Waals surface area contributed by atoms with Gasteiger partial charge in [-0.05, 0) is 63.0 Å². The van der Waals surface area contributed by atoms with E-state index in [1.54, 1.807) is 11.5 Å². The van der Waals surface area contributed by atoms with Crippen LogP contribution in [0.2, 0.25) is 0 Å². The highest BCUT2D eigenvalue weighted by Gasteiger charge is 2.20. The van der Waals surface area contributed by atoms with E-state index in [9.17, 15) is 0 Å². The number of rotatable bonds is 10. The van der Waals surface area contributed by atoms with Gasteiger partial charge in [0.25, 0.3) is 0 Å². The van der Waals surface area contributed by atoms with Gasteiger partial charge in [-0.2, -0.15) is 0 Å². The van der Waals surface area contributed by atoms with Gasteiger partial charge in [-0.3, -0.25) is 0 Å². The topological polar surface area (TPSA) is 47.0 Å². The minimum absolute atomic E-state index is 0.424. The van der Waals surface area contributed by atoms with Crippen molar-refractivity contribution in [2.75, 3.05) is 13.2 Å². The summed E-state index contributed by atoms with van der Waals surface area (Å²) in [5.74, 6) is 0. The van der Waals surface area contributed by atoms with Gasteiger partial charge in [0.15, 0.2) is 0 Å². The van der Waals surface area contributed by atoms with Gasteiger partial charge in [0.1, 0.15) is 0 Å². The van der Waals surface area contributed by atoms with E-state index < -0.39 is 0 Å². The average Bonchev–Trinajstić information content (AvgIpc) is 3.15. The summed E-state index contributed by atoms with van der Waals surface area (Å²) in [5.41, 5.74) is 1.20. The molecule has 1 saturated heterocycles. The predicted molar refractivity (Wildman–Crippen MR) is 87.8 cm³/mol. The maximum Gasteiger partial charge on any atom is 0.0803 e. The molecule has 1 aliphatic rings. The summed E-state index contributed by atoms with van der Waals surface area (Å²) >= 11 is 1.58. The molecular formula is C16H29N3OS. The van der Waals surface area contributed by atoms with Crippen LogP contribution in [-0.4, -0.2) is 28.8 Å². The van der Waals surface area contributed by atoms with Gasteiger partial charge in [0, 0.05) is 12.6 Å². The van der Waals surface area contributed by atoms with Gasteiger partial charge in [0.2, 0.25) is 0 Å². The summed E-state index contributed by atoms with van der Waals surface area (Å²) in [6.45, 7) is 6.44. The van der Waals surface area contributed by atoms with E-state index in [0.29, 0.717) is 12.1 Å². The van der Waals surface area contributed by atoms with Crippen LogP contribution in [0.15, 0.2) is 0 Å². The predicted octanol–water partition coefficient (Wildman–Crippen LogP) is 3.88. The minimum atomic E-state index is 0.424. The summed E-state index contributed by atoms with van der Waals surface area (Å²) in [7, 11) is 0. The molecule has 120 valence electrons. The van der Waals surface area contributed by atoms with Gasteiger partial charge in [-0.15, -0.1) is 5.10 Å². The second kappa shape index (κ2) is 9.49. The van der Waals surface area contributed by atoms with Crippen molar-refractivity contribution >= 4 is 11.5 Å². The van der Waals surface area contributed by atoms with Gasteiger partial charge in [-0.1, -0.05) is 24.8 Å². The highest BCUT2D eigenvalue weighted by Crippen LogP contribution is 2.27. The molecule has 1 fully saturated rings. The molecule has 1 aliphatic heterocycles. The number of hydrogen-bond acceptors (Lipinski definition) is 5. The van der Waals surface area contributed by atoms with Crippen molar-refractivity contribution < 1.29 is 4.74 Å². The molecule has 0 saturated carbocycles. The summed E-state index contributed by atoms with van der Waals surface area (Å²) in [6, 6.07) is 0.424. The fraction of sp³-hybridized carbons (Fsp3) is 0.875. The van der Waals surface area contributed by atoms with Gasteiger partial charge < -0.3 is 10.1 Å². The Hall–Kier alpha value is -0.520. The monoisotopic (exact) mass is 311 g/mol. The van der Waals surface area contributed by atoms with Crippen molar-refractivity contribution in [3.05, 3.63) is 10.6 Å². The average molecular weight is 311 g/mol. The van der Waals surface area contributed by atoms with E-state index in [1.807, 2.05) is 0 Å². The van der Waals surface area contributed by atoms with Gasteiger partial charge >= 0.3 is 0 Å². The van der Waals surface area contributed by atoms with Crippen LogP contribution in [0.1, 0.15) is 75.4 Å². The lowest BCUT2D eigenvalue weighted by Crippen LogP contribution is -2.22. The Balaban J connectivity index is 1.87. The molecule has 2 heterocycles. The van der Waals surface area contributed by atoms with Crippen molar-refractivity contribution in [3.8, 4) is 0 Å².